The van der Waals surface area contributed by atoms with Crippen LogP contribution in [0, 0.1) is 6.92 Å². The zero-order valence-electron chi connectivity index (χ0n) is 13.4. The number of aromatic nitrogens is 2. The summed E-state index contributed by atoms with van der Waals surface area (Å²) in [4.78, 5) is 16.9. The third kappa shape index (κ3) is 3.01. The standard InChI is InChI=1S/C19H14N2O4/c1-12-9-15(14-5-2-3-6-16(14)20-12)19(22)24-11-13-10-18(25-21-13)17-7-4-8-23-17/h2-10H,11H2,1H3. The molecule has 0 amide bonds. The summed E-state index contributed by atoms with van der Waals surface area (Å²) in [6.45, 7) is 1.86. The molecule has 0 saturated heterocycles. The predicted octanol–water partition coefficient (Wildman–Crippen LogP) is 4.15. The molecule has 4 rings (SSSR count). The number of hydrogen-bond donors (Lipinski definition) is 0. The molecule has 6 nitrogen and oxygen atoms in total. The van der Waals surface area contributed by atoms with Crippen LogP contribution in [-0.4, -0.2) is 16.1 Å². The molecule has 0 aliphatic carbocycles. The molecular formula is C19H14N2O4. The first-order valence-electron chi connectivity index (χ1n) is 7.74. The van der Waals surface area contributed by atoms with Crippen molar-refractivity contribution in [3.63, 3.8) is 0 Å². The first kappa shape index (κ1) is 15.1. The fourth-order valence-electron chi connectivity index (χ4n) is 2.61. The maximum Gasteiger partial charge on any atom is 0.339 e. The first-order chi connectivity index (χ1) is 12.2. The summed E-state index contributed by atoms with van der Waals surface area (Å²) in [5.41, 5.74) is 2.51. The van der Waals surface area contributed by atoms with E-state index in [4.69, 9.17) is 13.7 Å². The molecule has 0 spiro atoms. The molecule has 0 atom stereocenters. The van der Waals surface area contributed by atoms with Crippen LogP contribution in [0.5, 0.6) is 0 Å². The van der Waals surface area contributed by atoms with Crippen molar-refractivity contribution in [2.45, 2.75) is 13.5 Å². The van der Waals surface area contributed by atoms with Gasteiger partial charge in [0, 0.05) is 17.1 Å². The van der Waals surface area contributed by atoms with Crippen LogP contribution in [-0.2, 0) is 11.3 Å². The van der Waals surface area contributed by atoms with Gasteiger partial charge in [0.05, 0.1) is 17.3 Å². The molecule has 4 aromatic rings. The smallest absolute Gasteiger partial charge is 0.339 e. The van der Waals surface area contributed by atoms with E-state index in [2.05, 4.69) is 10.1 Å². The molecule has 0 saturated carbocycles. The van der Waals surface area contributed by atoms with Gasteiger partial charge in [-0.1, -0.05) is 23.4 Å². The van der Waals surface area contributed by atoms with Crippen molar-refractivity contribution in [1.82, 2.24) is 10.1 Å². The van der Waals surface area contributed by atoms with Crippen LogP contribution in [0.1, 0.15) is 21.7 Å². The van der Waals surface area contributed by atoms with Gasteiger partial charge in [0.25, 0.3) is 0 Å². The number of hydrogen-bond acceptors (Lipinski definition) is 6. The Labute approximate surface area is 143 Å². The van der Waals surface area contributed by atoms with E-state index >= 15 is 0 Å². The van der Waals surface area contributed by atoms with E-state index in [0.717, 1.165) is 16.6 Å². The monoisotopic (exact) mass is 334 g/mol. The molecule has 3 aromatic heterocycles. The zero-order chi connectivity index (χ0) is 17.2. The number of rotatable bonds is 4. The van der Waals surface area contributed by atoms with Crippen molar-refractivity contribution in [1.29, 1.82) is 0 Å². The molecule has 0 unspecified atom stereocenters. The molecule has 0 radical (unpaired) electrons. The molecule has 25 heavy (non-hydrogen) atoms. The third-order valence-electron chi connectivity index (χ3n) is 3.74. The molecule has 1 aromatic carbocycles. The lowest BCUT2D eigenvalue weighted by Gasteiger charge is -2.07. The highest BCUT2D eigenvalue weighted by Crippen LogP contribution is 2.22. The summed E-state index contributed by atoms with van der Waals surface area (Å²) in [7, 11) is 0. The van der Waals surface area contributed by atoms with E-state index in [9.17, 15) is 4.79 Å². The highest BCUT2D eigenvalue weighted by Gasteiger charge is 2.15. The van der Waals surface area contributed by atoms with E-state index < -0.39 is 5.97 Å². The fraction of sp³-hybridized carbons (Fsp3) is 0.105. The molecule has 0 N–H and O–H groups in total. The topological polar surface area (TPSA) is 78.4 Å². The second kappa shape index (κ2) is 6.24. The SMILES string of the molecule is Cc1cc(C(=O)OCc2cc(-c3ccco3)on2)c2ccccc2n1. The Balaban J connectivity index is 1.53. The van der Waals surface area contributed by atoms with E-state index in [1.54, 1.807) is 30.5 Å². The van der Waals surface area contributed by atoms with E-state index in [1.165, 1.54) is 0 Å². The van der Waals surface area contributed by atoms with Gasteiger partial charge in [0.2, 0.25) is 5.76 Å². The summed E-state index contributed by atoms with van der Waals surface area (Å²) in [5.74, 6) is 0.631. The Bertz CT molecular complexity index is 1030. The summed E-state index contributed by atoms with van der Waals surface area (Å²) in [6, 6.07) is 14.4. The van der Waals surface area contributed by atoms with Crippen molar-refractivity contribution >= 4 is 16.9 Å². The van der Waals surface area contributed by atoms with Gasteiger partial charge >= 0.3 is 5.97 Å². The van der Waals surface area contributed by atoms with Gasteiger partial charge in [-0.2, -0.15) is 0 Å². The first-order valence-corrected chi connectivity index (χ1v) is 7.74. The molecule has 0 fully saturated rings. The average Bonchev–Trinajstić information content (AvgIpc) is 3.30. The Morgan fingerprint density at radius 3 is 2.84 bits per heavy atom. The lowest BCUT2D eigenvalue weighted by atomic mass is 10.1. The van der Waals surface area contributed by atoms with Gasteiger partial charge in [-0.25, -0.2) is 4.79 Å². The number of carbonyl (C=O) groups excluding carboxylic acids is 1. The van der Waals surface area contributed by atoms with Crippen molar-refractivity contribution in [2.24, 2.45) is 0 Å². The van der Waals surface area contributed by atoms with Crippen LogP contribution in [0.15, 0.2) is 63.7 Å². The summed E-state index contributed by atoms with van der Waals surface area (Å²) < 4.78 is 15.8. The number of pyridine rings is 1. The van der Waals surface area contributed by atoms with Crippen molar-refractivity contribution in [3.8, 4) is 11.5 Å². The number of furan rings is 1. The Morgan fingerprint density at radius 2 is 2.00 bits per heavy atom. The van der Waals surface area contributed by atoms with Crippen LogP contribution < -0.4 is 0 Å². The van der Waals surface area contributed by atoms with E-state index in [-0.39, 0.29) is 6.61 Å². The van der Waals surface area contributed by atoms with Crippen LogP contribution in [0.3, 0.4) is 0 Å². The minimum Gasteiger partial charge on any atom is -0.461 e. The number of ether oxygens (including phenoxy) is 1. The second-order valence-electron chi connectivity index (χ2n) is 5.56. The maximum absolute atomic E-state index is 12.5. The Kier molecular flexibility index (Phi) is 3.78. The average molecular weight is 334 g/mol. The zero-order valence-corrected chi connectivity index (χ0v) is 13.4. The number of fused-ring (bicyclic) bond motifs is 1. The number of para-hydroxylation sites is 1. The number of esters is 1. The van der Waals surface area contributed by atoms with Gasteiger partial charge in [-0.05, 0) is 31.2 Å². The van der Waals surface area contributed by atoms with E-state index in [0.29, 0.717) is 22.8 Å². The molecule has 6 heteroatoms. The van der Waals surface area contributed by atoms with Crippen molar-refractivity contribution < 1.29 is 18.5 Å². The van der Waals surface area contributed by atoms with Crippen molar-refractivity contribution in [2.75, 3.05) is 0 Å². The molecule has 124 valence electrons. The third-order valence-corrected chi connectivity index (χ3v) is 3.74. The van der Waals surface area contributed by atoms with Gasteiger partial charge in [-0.15, -0.1) is 0 Å². The van der Waals surface area contributed by atoms with Crippen molar-refractivity contribution in [3.05, 3.63) is 71.7 Å². The number of benzene rings is 1. The highest BCUT2D eigenvalue weighted by molar-refractivity contribution is 6.03. The lowest BCUT2D eigenvalue weighted by Crippen LogP contribution is -2.07. The molecule has 0 bridgehead atoms. The van der Waals surface area contributed by atoms with Gasteiger partial charge in [0.1, 0.15) is 12.3 Å². The highest BCUT2D eigenvalue weighted by atomic mass is 16.5. The van der Waals surface area contributed by atoms with Gasteiger partial charge < -0.3 is 13.7 Å². The summed E-state index contributed by atoms with van der Waals surface area (Å²) in [5, 5.41) is 4.65. The minimum absolute atomic E-state index is 0.0126. The number of carbonyl (C=O) groups is 1. The molecular weight excluding hydrogens is 320 g/mol. The minimum atomic E-state index is -0.427. The Morgan fingerprint density at radius 1 is 1.12 bits per heavy atom. The predicted molar refractivity (Wildman–Crippen MR) is 89.8 cm³/mol. The fourth-order valence-corrected chi connectivity index (χ4v) is 2.61. The van der Waals surface area contributed by atoms with Gasteiger partial charge in [0.15, 0.2) is 5.76 Å². The largest absolute Gasteiger partial charge is 0.461 e. The molecule has 0 aliphatic rings. The number of aryl methyl sites for hydroxylation is 1. The van der Waals surface area contributed by atoms with Crippen LogP contribution in [0.25, 0.3) is 22.4 Å². The molecule has 3 heterocycles. The maximum atomic E-state index is 12.5. The number of nitrogens with zero attached hydrogens (tertiary/aromatic N) is 2. The van der Waals surface area contributed by atoms with Gasteiger partial charge in [-0.3, -0.25) is 4.98 Å². The second-order valence-corrected chi connectivity index (χ2v) is 5.56. The lowest BCUT2D eigenvalue weighted by molar-refractivity contribution is 0.0466. The van der Waals surface area contributed by atoms with E-state index in [1.807, 2.05) is 31.2 Å². The van der Waals surface area contributed by atoms with Crippen LogP contribution in [0.2, 0.25) is 0 Å². The molecule has 0 aliphatic heterocycles. The normalized spacial score (nSPS) is 10.9. The summed E-state index contributed by atoms with van der Waals surface area (Å²) >= 11 is 0. The summed E-state index contributed by atoms with van der Waals surface area (Å²) in [6.07, 6.45) is 1.55. The Hall–Kier alpha value is -3.41. The van der Waals surface area contributed by atoms with Crippen LogP contribution in [0.4, 0.5) is 0 Å². The quantitative estimate of drug-likeness (QED) is 0.522. The van der Waals surface area contributed by atoms with Crippen LogP contribution >= 0.6 is 0 Å².